The highest BCUT2D eigenvalue weighted by atomic mass is 16.6. The highest BCUT2D eigenvalue weighted by Gasteiger charge is 2.17. The summed E-state index contributed by atoms with van der Waals surface area (Å²) in [5.74, 6) is -2.01. The molecule has 0 spiro atoms. The molecule has 0 bridgehead atoms. The van der Waals surface area contributed by atoms with Crippen molar-refractivity contribution in [2.75, 3.05) is 0 Å². The van der Waals surface area contributed by atoms with Gasteiger partial charge < -0.3 is 0 Å². The minimum absolute atomic E-state index is 0.0335. The van der Waals surface area contributed by atoms with Gasteiger partial charge in [-0.05, 0) is 6.07 Å². The van der Waals surface area contributed by atoms with Crippen LogP contribution in [0.4, 0.5) is 5.69 Å². The van der Waals surface area contributed by atoms with Gasteiger partial charge in [-0.25, -0.2) is 0 Å². The zero-order chi connectivity index (χ0) is 13.0. The fourth-order valence-electron chi connectivity index (χ4n) is 1.14. The van der Waals surface area contributed by atoms with Crippen LogP contribution in [0.25, 0.3) is 0 Å². The molecule has 17 heavy (non-hydrogen) atoms. The largest absolute Gasteiger partial charge is 0.294 e. The lowest BCUT2D eigenvalue weighted by Crippen LogP contribution is -2.06. The van der Waals surface area contributed by atoms with Crippen molar-refractivity contribution in [3.05, 3.63) is 39.4 Å². The number of rotatable bonds is 5. The number of carbonyl (C=O) groups excluding carboxylic acids is 4. The van der Waals surface area contributed by atoms with E-state index in [1.807, 2.05) is 0 Å². The number of Topliss-reactive ketones (excluding diaryl/α,β-unsaturated/α-hetero) is 2. The Morgan fingerprint density at radius 2 is 1.41 bits per heavy atom. The van der Waals surface area contributed by atoms with Gasteiger partial charge in [-0.2, -0.15) is 0 Å². The number of nitrogens with zero attached hydrogens (tertiary/aromatic N) is 1. The molecule has 0 aliphatic heterocycles. The maximum atomic E-state index is 11.1. The van der Waals surface area contributed by atoms with Crippen molar-refractivity contribution in [1.82, 2.24) is 0 Å². The van der Waals surface area contributed by atoms with Crippen LogP contribution in [0.1, 0.15) is 20.7 Å². The summed E-state index contributed by atoms with van der Waals surface area (Å²) < 4.78 is 0. The summed E-state index contributed by atoms with van der Waals surface area (Å²) in [4.78, 5) is 52.4. The molecule has 0 heterocycles. The van der Waals surface area contributed by atoms with E-state index in [0.29, 0.717) is 0 Å². The molecule has 0 atom stereocenters. The first-order valence-corrected chi connectivity index (χ1v) is 4.28. The summed E-state index contributed by atoms with van der Waals surface area (Å²) in [5.41, 5.74) is -1.15. The number of ketones is 2. The van der Waals surface area contributed by atoms with E-state index in [-0.39, 0.29) is 23.7 Å². The molecule has 0 aromatic heterocycles. The molecule has 0 radical (unpaired) electrons. The molecule has 1 aromatic carbocycles. The molecule has 0 saturated heterocycles. The molecule has 7 heteroatoms. The third-order valence-corrected chi connectivity index (χ3v) is 1.91. The van der Waals surface area contributed by atoms with Gasteiger partial charge in [0.1, 0.15) is 0 Å². The number of carbonyl (C=O) groups is 4. The minimum atomic E-state index is -1.01. The van der Waals surface area contributed by atoms with Gasteiger partial charge in [0.25, 0.3) is 5.69 Å². The molecular weight excluding hydrogens is 230 g/mol. The lowest BCUT2D eigenvalue weighted by Gasteiger charge is -1.99. The summed E-state index contributed by atoms with van der Waals surface area (Å²) in [7, 11) is 0. The highest BCUT2D eigenvalue weighted by Crippen LogP contribution is 2.17. The Bertz CT molecular complexity index is 495. The third kappa shape index (κ3) is 2.65. The van der Waals surface area contributed by atoms with Gasteiger partial charge in [-0.3, -0.25) is 29.3 Å². The van der Waals surface area contributed by atoms with Crippen LogP contribution in [-0.2, 0) is 9.59 Å². The number of hydrogen-bond donors (Lipinski definition) is 0. The number of nitro benzene ring substituents is 1. The first-order valence-electron chi connectivity index (χ1n) is 4.28. The van der Waals surface area contributed by atoms with Crippen molar-refractivity contribution in [2.45, 2.75) is 0 Å². The molecule has 0 unspecified atom stereocenters. The van der Waals surface area contributed by atoms with Crippen molar-refractivity contribution in [3.63, 3.8) is 0 Å². The van der Waals surface area contributed by atoms with Crippen LogP contribution in [-0.4, -0.2) is 29.1 Å². The summed E-state index contributed by atoms with van der Waals surface area (Å²) in [5, 5.41) is 10.5. The van der Waals surface area contributed by atoms with Crippen LogP contribution >= 0.6 is 0 Å². The second-order valence-corrected chi connectivity index (χ2v) is 2.99. The van der Waals surface area contributed by atoms with Gasteiger partial charge >= 0.3 is 0 Å². The molecule has 1 rings (SSSR count). The van der Waals surface area contributed by atoms with E-state index >= 15 is 0 Å². The Morgan fingerprint density at radius 1 is 1.00 bits per heavy atom. The van der Waals surface area contributed by atoms with Gasteiger partial charge in [-0.1, -0.05) is 0 Å². The topological polar surface area (TPSA) is 111 Å². The second kappa shape index (κ2) is 4.88. The number of non-ortho nitro benzene ring substituents is 1. The smallest absolute Gasteiger partial charge is 0.270 e. The van der Waals surface area contributed by atoms with Crippen LogP contribution in [0, 0.1) is 10.1 Å². The zero-order valence-corrected chi connectivity index (χ0v) is 8.28. The standard InChI is InChI=1S/C10H5NO6/c12-4-9(14)6-1-7(10(15)5-13)3-8(2-6)11(16)17/h1-5H. The Morgan fingerprint density at radius 3 is 1.71 bits per heavy atom. The summed E-state index contributed by atoms with van der Waals surface area (Å²) >= 11 is 0. The molecule has 86 valence electrons. The molecule has 0 N–H and O–H groups in total. The van der Waals surface area contributed by atoms with Crippen LogP contribution in [0.15, 0.2) is 18.2 Å². The van der Waals surface area contributed by atoms with Crippen molar-refractivity contribution in [2.24, 2.45) is 0 Å². The van der Waals surface area contributed by atoms with Crippen LogP contribution in [0.2, 0.25) is 0 Å². The van der Waals surface area contributed by atoms with E-state index < -0.39 is 22.2 Å². The molecule has 0 aliphatic carbocycles. The first kappa shape index (κ1) is 12.4. The average Bonchev–Trinajstić information content (AvgIpc) is 2.36. The Balaban J connectivity index is 3.43. The van der Waals surface area contributed by atoms with Gasteiger partial charge in [0, 0.05) is 23.3 Å². The lowest BCUT2D eigenvalue weighted by molar-refractivity contribution is -0.384. The van der Waals surface area contributed by atoms with E-state index in [9.17, 15) is 29.3 Å². The Labute approximate surface area is 94.2 Å². The predicted octanol–water partition coefficient (Wildman–Crippen LogP) is 0.358. The third-order valence-electron chi connectivity index (χ3n) is 1.91. The second-order valence-electron chi connectivity index (χ2n) is 2.99. The summed E-state index contributed by atoms with van der Waals surface area (Å²) in [6.07, 6.45) is -0.0670. The van der Waals surface area contributed by atoms with Crippen LogP contribution in [0.3, 0.4) is 0 Å². The molecule has 7 nitrogen and oxygen atoms in total. The van der Waals surface area contributed by atoms with E-state index in [1.54, 1.807) is 0 Å². The van der Waals surface area contributed by atoms with Crippen molar-refractivity contribution in [1.29, 1.82) is 0 Å². The van der Waals surface area contributed by atoms with E-state index in [4.69, 9.17) is 0 Å². The molecule has 0 aliphatic rings. The molecular formula is C10H5NO6. The van der Waals surface area contributed by atoms with Crippen molar-refractivity contribution < 1.29 is 24.1 Å². The molecule has 0 saturated carbocycles. The SMILES string of the molecule is O=CC(=O)c1cc(C(=O)C=O)cc([N+](=O)[O-])c1. The minimum Gasteiger partial charge on any atom is -0.294 e. The van der Waals surface area contributed by atoms with Crippen molar-refractivity contribution in [3.8, 4) is 0 Å². The number of aldehydes is 2. The number of nitro groups is 1. The zero-order valence-electron chi connectivity index (χ0n) is 8.28. The number of hydrogen-bond acceptors (Lipinski definition) is 6. The maximum Gasteiger partial charge on any atom is 0.270 e. The fraction of sp³-hybridized carbons (Fsp3) is 0. The van der Waals surface area contributed by atoms with Crippen LogP contribution in [0.5, 0.6) is 0 Å². The summed E-state index contributed by atoms with van der Waals surface area (Å²) in [6, 6.07) is 2.68. The van der Waals surface area contributed by atoms with E-state index in [2.05, 4.69) is 0 Å². The Hall–Kier alpha value is -2.70. The monoisotopic (exact) mass is 235 g/mol. The van der Waals surface area contributed by atoms with Crippen LogP contribution < -0.4 is 0 Å². The highest BCUT2D eigenvalue weighted by molar-refractivity contribution is 6.36. The number of benzene rings is 1. The van der Waals surface area contributed by atoms with Gasteiger partial charge in [0.15, 0.2) is 12.6 Å². The van der Waals surface area contributed by atoms with Gasteiger partial charge in [0.05, 0.1) is 4.92 Å². The summed E-state index contributed by atoms with van der Waals surface area (Å²) in [6.45, 7) is 0. The Kier molecular flexibility index (Phi) is 3.55. The molecule has 1 aromatic rings. The fourth-order valence-corrected chi connectivity index (χ4v) is 1.14. The average molecular weight is 235 g/mol. The quantitative estimate of drug-likeness (QED) is 0.239. The van der Waals surface area contributed by atoms with Gasteiger partial charge in [-0.15, -0.1) is 0 Å². The normalized spacial score (nSPS) is 9.41. The van der Waals surface area contributed by atoms with E-state index in [1.165, 1.54) is 0 Å². The van der Waals surface area contributed by atoms with Crippen molar-refractivity contribution >= 4 is 29.8 Å². The molecule has 0 amide bonds. The predicted molar refractivity (Wildman–Crippen MR) is 53.9 cm³/mol. The van der Waals surface area contributed by atoms with E-state index in [0.717, 1.165) is 18.2 Å². The lowest BCUT2D eigenvalue weighted by atomic mass is 10.0. The molecule has 0 fully saturated rings. The first-order chi connectivity index (χ1) is 7.99. The van der Waals surface area contributed by atoms with Gasteiger partial charge in [0.2, 0.25) is 11.6 Å². The maximum absolute atomic E-state index is 11.1.